The molecule has 106 valence electrons. The Bertz CT molecular complexity index is 614. The first-order valence-electron chi connectivity index (χ1n) is 6.39. The molecule has 0 aliphatic carbocycles. The average molecular weight is 289 g/mol. The van der Waals surface area contributed by atoms with E-state index in [1.165, 1.54) is 11.3 Å². The zero-order chi connectivity index (χ0) is 14.9. The Balaban J connectivity index is 2.28. The van der Waals surface area contributed by atoms with Crippen molar-refractivity contribution in [3.63, 3.8) is 0 Å². The fourth-order valence-corrected chi connectivity index (χ4v) is 2.67. The SMILES string of the molecule is Cc1nc(N(C)C(=O)c2cccc(N(C)C)c2)sc1C. The van der Waals surface area contributed by atoms with Crippen molar-refractivity contribution in [3.05, 3.63) is 40.4 Å². The fourth-order valence-electron chi connectivity index (χ4n) is 1.80. The summed E-state index contributed by atoms with van der Waals surface area (Å²) in [4.78, 5) is 21.7. The van der Waals surface area contributed by atoms with E-state index in [1.807, 2.05) is 57.1 Å². The first kappa shape index (κ1) is 14.5. The number of amides is 1. The molecule has 1 heterocycles. The number of carbonyl (C=O) groups excluding carboxylic acids is 1. The summed E-state index contributed by atoms with van der Waals surface area (Å²) in [7, 11) is 5.68. The number of hydrogen-bond donors (Lipinski definition) is 0. The minimum Gasteiger partial charge on any atom is -0.378 e. The smallest absolute Gasteiger partial charge is 0.259 e. The van der Waals surface area contributed by atoms with Gasteiger partial charge in [-0.3, -0.25) is 9.69 Å². The molecular weight excluding hydrogens is 270 g/mol. The molecule has 0 radical (unpaired) electrons. The lowest BCUT2D eigenvalue weighted by Gasteiger charge is -2.16. The summed E-state index contributed by atoms with van der Waals surface area (Å²) < 4.78 is 0. The molecule has 1 amide bonds. The first-order valence-corrected chi connectivity index (χ1v) is 7.21. The minimum absolute atomic E-state index is 0.0394. The monoisotopic (exact) mass is 289 g/mol. The molecule has 0 N–H and O–H groups in total. The maximum Gasteiger partial charge on any atom is 0.259 e. The van der Waals surface area contributed by atoms with E-state index < -0.39 is 0 Å². The Labute approximate surface area is 123 Å². The van der Waals surface area contributed by atoms with E-state index in [9.17, 15) is 4.79 Å². The van der Waals surface area contributed by atoms with Gasteiger partial charge >= 0.3 is 0 Å². The second kappa shape index (κ2) is 5.63. The van der Waals surface area contributed by atoms with E-state index in [1.54, 1.807) is 11.9 Å². The molecule has 4 nitrogen and oxygen atoms in total. The van der Waals surface area contributed by atoms with Gasteiger partial charge in [-0.15, -0.1) is 11.3 Å². The zero-order valence-corrected chi connectivity index (χ0v) is 13.3. The van der Waals surface area contributed by atoms with Gasteiger partial charge in [-0.1, -0.05) is 6.07 Å². The predicted octanol–water partition coefficient (Wildman–Crippen LogP) is 3.10. The number of nitrogens with zero attached hydrogens (tertiary/aromatic N) is 3. The molecule has 0 unspecified atom stereocenters. The van der Waals surface area contributed by atoms with E-state index in [0.29, 0.717) is 5.56 Å². The number of thiazole rings is 1. The van der Waals surface area contributed by atoms with Crippen LogP contribution in [0, 0.1) is 13.8 Å². The van der Waals surface area contributed by atoms with Gasteiger partial charge in [0.2, 0.25) is 0 Å². The van der Waals surface area contributed by atoms with E-state index in [2.05, 4.69) is 4.98 Å². The Morgan fingerprint density at radius 1 is 1.20 bits per heavy atom. The molecule has 5 heteroatoms. The summed E-state index contributed by atoms with van der Waals surface area (Å²) in [5.74, 6) is -0.0394. The van der Waals surface area contributed by atoms with Crippen molar-refractivity contribution in [3.8, 4) is 0 Å². The van der Waals surface area contributed by atoms with Gasteiger partial charge in [0.05, 0.1) is 5.69 Å². The van der Waals surface area contributed by atoms with Crippen LogP contribution in [0.2, 0.25) is 0 Å². The maximum atomic E-state index is 12.5. The van der Waals surface area contributed by atoms with Crippen molar-refractivity contribution in [2.75, 3.05) is 30.9 Å². The normalized spacial score (nSPS) is 10.4. The van der Waals surface area contributed by atoms with Crippen molar-refractivity contribution in [2.45, 2.75) is 13.8 Å². The number of rotatable bonds is 3. The molecule has 0 fully saturated rings. The van der Waals surface area contributed by atoms with Gasteiger partial charge in [0.25, 0.3) is 5.91 Å². The second-order valence-electron chi connectivity index (χ2n) is 4.95. The van der Waals surface area contributed by atoms with Crippen molar-refractivity contribution >= 4 is 28.1 Å². The fraction of sp³-hybridized carbons (Fsp3) is 0.333. The van der Waals surface area contributed by atoms with Crippen molar-refractivity contribution < 1.29 is 4.79 Å². The Morgan fingerprint density at radius 2 is 1.90 bits per heavy atom. The molecule has 0 bridgehead atoms. The number of anilines is 2. The zero-order valence-electron chi connectivity index (χ0n) is 12.5. The van der Waals surface area contributed by atoms with Gasteiger partial charge in [-0.05, 0) is 32.0 Å². The Hall–Kier alpha value is -1.88. The van der Waals surface area contributed by atoms with E-state index in [-0.39, 0.29) is 5.91 Å². The summed E-state index contributed by atoms with van der Waals surface area (Å²) in [5.41, 5.74) is 2.66. The van der Waals surface area contributed by atoms with Crippen molar-refractivity contribution in [1.82, 2.24) is 4.98 Å². The number of benzene rings is 1. The summed E-state index contributed by atoms with van der Waals surface area (Å²) >= 11 is 1.54. The molecule has 2 rings (SSSR count). The van der Waals surface area contributed by atoms with Crippen molar-refractivity contribution in [1.29, 1.82) is 0 Å². The molecule has 0 atom stereocenters. The summed E-state index contributed by atoms with van der Waals surface area (Å²) in [6.45, 7) is 3.97. The Morgan fingerprint density at radius 3 is 2.45 bits per heavy atom. The molecule has 1 aromatic carbocycles. The molecule has 0 spiro atoms. The lowest BCUT2D eigenvalue weighted by molar-refractivity contribution is 0.0993. The number of aryl methyl sites for hydroxylation is 2. The van der Waals surface area contributed by atoms with Crippen LogP contribution in [0.25, 0.3) is 0 Å². The standard InChI is InChI=1S/C15H19N3OS/c1-10-11(2)20-15(16-10)18(5)14(19)12-7-6-8-13(9-12)17(3)4/h6-9H,1-5H3. The van der Waals surface area contributed by atoms with Gasteiger partial charge in [-0.25, -0.2) is 4.98 Å². The van der Waals surface area contributed by atoms with Gasteiger partial charge < -0.3 is 4.90 Å². The molecule has 0 aliphatic heterocycles. The molecular formula is C15H19N3OS. The third-order valence-electron chi connectivity index (χ3n) is 3.22. The molecule has 20 heavy (non-hydrogen) atoms. The largest absolute Gasteiger partial charge is 0.378 e. The molecule has 0 aliphatic rings. The number of carbonyl (C=O) groups is 1. The average Bonchev–Trinajstić information content (AvgIpc) is 2.77. The highest BCUT2D eigenvalue weighted by Gasteiger charge is 2.17. The van der Waals surface area contributed by atoms with Crippen LogP contribution in [0.4, 0.5) is 10.8 Å². The predicted molar refractivity (Wildman–Crippen MR) is 85.1 cm³/mol. The van der Waals surface area contributed by atoms with E-state index >= 15 is 0 Å². The van der Waals surface area contributed by atoms with E-state index in [0.717, 1.165) is 21.4 Å². The molecule has 0 saturated heterocycles. The molecule has 2 aromatic rings. The van der Waals surface area contributed by atoms with Crippen molar-refractivity contribution in [2.24, 2.45) is 0 Å². The number of hydrogen-bond acceptors (Lipinski definition) is 4. The lowest BCUT2D eigenvalue weighted by atomic mass is 10.1. The molecule has 1 aromatic heterocycles. The van der Waals surface area contributed by atoms with Crippen LogP contribution in [0.1, 0.15) is 20.9 Å². The van der Waals surface area contributed by atoms with Crippen LogP contribution < -0.4 is 9.80 Å². The van der Waals surface area contributed by atoms with Crippen LogP contribution in [-0.2, 0) is 0 Å². The minimum atomic E-state index is -0.0394. The van der Waals surface area contributed by atoms with Crippen LogP contribution in [0.3, 0.4) is 0 Å². The first-order chi connectivity index (χ1) is 9.40. The summed E-state index contributed by atoms with van der Waals surface area (Å²) in [6, 6.07) is 7.61. The summed E-state index contributed by atoms with van der Waals surface area (Å²) in [5, 5.41) is 0.736. The van der Waals surface area contributed by atoms with Crippen LogP contribution in [0.15, 0.2) is 24.3 Å². The van der Waals surface area contributed by atoms with Gasteiger partial charge in [-0.2, -0.15) is 0 Å². The number of aromatic nitrogens is 1. The molecule has 0 saturated carbocycles. The van der Waals surface area contributed by atoms with Gasteiger partial charge in [0, 0.05) is 37.3 Å². The quantitative estimate of drug-likeness (QED) is 0.871. The topological polar surface area (TPSA) is 36.4 Å². The van der Waals surface area contributed by atoms with Gasteiger partial charge in [0.15, 0.2) is 5.13 Å². The summed E-state index contributed by atoms with van der Waals surface area (Å²) in [6.07, 6.45) is 0. The highest BCUT2D eigenvalue weighted by atomic mass is 32.1. The maximum absolute atomic E-state index is 12.5. The van der Waals surface area contributed by atoms with Crippen LogP contribution >= 0.6 is 11.3 Å². The lowest BCUT2D eigenvalue weighted by Crippen LogP contribution is -2.26. The van der Waals surface area contributed by atoms with Crippen LogP contribution in [-0.4, -0.2) is 32.0 Å². The highest BCUT2D eigenvalue weighted by molar-refractivity contribution is 7.15. The van der Waals surface area contributed by atoms with Crippen LogP contribution in [0.5, 0.6) is 0 Å². The van der Waals surface area contributed by atoms with Gasteiger partial charge in [0.1, 0.15) is 0 Å². The van der Waals surface area contributed by atoms with E-state index in [4.69, 9.17) is 0 Å². The third kappa shape index (κ3) is 2.82. The third-order valence-corrected chi connectivity index (χ3v) is 4.37. The Kier molecular flexibility index (Phi) is 4.09. The highest BCUT2D eigenvalue weighted by Crippen LogP contribution is 2.25. The second-order valence-corrected chi connectivity index (χ2v) is 6.13.